The van der Waals surface area contributed by atoms with E-state index < -0.39 is 170 Å². The number of ketones is 3. The fourth-order valence-electron chi connectivity index (χ4n) is 8.92. The third-order valence-corrected chi connectivity index (χ3v) is 13.5. The molecule has 8 amide bonds. The van der Waals surface area contributed by atoms with Crippen LogP contribution < -0.4 is 65.5 Å². The zero-order valence-electron chi connectivity index (χ0n) is 47.0. The number of aliphatic hydroxyl groups excluding tert-OH is 4. The zero-order valence-corrected chi connectivity index (χ0v) is 47.0. The van der Waals surface area contributed by atoms with Gasteiger partial charge in [0.2, 0.25) is 47.3 Å². The van der Waals surface area contributed by atoms with E-state index in [-0.39, 0.29) is 82.8 Å². The van der Waals surface area contributed by atoms with E-state index in [0.29, 0.717) is 6.42 Å². The molecule has 1 saturated heterocycles. The highest BCUT2D eigenvalue weighted by molar-refractivity contribution is 5.99. The van der Waals surface area contributed by atoms with Crippen molar-refractivity contribution >= 4 is 64.6 Å². The molecular formula is C52H94N12O15. The van der Waals surface area contributed by atoms with Crippen LogP contribution in [-0.4, -0.2) is 185 Å². The summed E-state index contributed by atoms with van der Waals surface area (Å²) in [5.74, 6) is -13.4. The maximum absolute atomic E-state index is 14.3. The number of Topliss-reactive ketones (excluding diaryl/α,β-unsaturated/α-hetero) is 3. The molecule has 0 saturated carbocycles. The summed E-state index contributed by atoms with van der Waals surface area (Å²) >= 11 is 0. The standard InChI is InChI=1S/C52H94N12O15/c1-7-8-9-10-11-12-35(69)24-32(13-18-53)45(72)62-42(29(4)66)41(71)26-34(27-65)47(74)59-39-17-22-57-51(78)43(30(5)67)64-50(77)38(16-21-56)60-48(75)37(15-20-55)61-52(79)44(31(6)68)63-46(73)33(23-28(2)3)25-40(70)36(14-19-54)58-49(39)76/h28-34,36-39,42-44,65-68H,7-27,53-56H2,1-6H3,(H,57,78)(H,58,76)(H,59,74)(H,60,75)(H,61,79)(H,62,72)(H,63,73)(H,64,77)/t29-,30-,31-,32-,33+,34-,36+,37+,38+,39+,42+,43+,44+/m1/s1. The number of nitrogens with two attached hydrogens (primary N) is 4. The van der Waals surface area contributed by atoms with Gasteiger partial charge in [-0.3, -0.25) is 52.7 Å². The predicted molar refractivity (Wildman–Crippen MR) is 290 cm³/mol. The summed E-state index contributed by atoms with van der Waals surface area (Å²) in [5.41, 5.74) is 23.2. The summed E-state index contributed by atoms with van der Waals surface area (Å²) in [7, 11) is 0. The Morgan fingerprint density at radius 1 is 0.620 bits per heavy atom. The van der Waals surface area contributed by atoms with Crippen molar-refractivity contribution in [3.05, 3.63) is 0 Å². The molecular weight excluding hydrogens is 1030 g/mol. The number of hydrogen-bond donors (Lipinski definition) is 16. The van der Waals surface area contributed by atoms with Crippen LogP contribution in [0.15, 0.2) is 0 Å². The molecule has 1 rings (SSSR count). The van der Waals surface area contributed by atoms with Crippen molar-refractivity contribution in [3.8, 4) is 0 Å². The SMILES string of the molecule is CCCCCCCC(=O)C[C@@H](CCN)C(=O)N[C@H](C(=O)C[C@H](CO)C(=O)N[C@H]1CCNC(=O)[C@H]([C@@H](C)O)NC(=O)[C@H](CCN)NC(=O)[C@H](CCN)NC(=O)[C@H]([C@@H](C)O)NC(=O)[C@@H](CC(C)C)CC(=O)[C@H](CCN)NC1=O)[C@@H](C)O. The van der Waals surface area contributed by atoms with Crippen LogP contribution in [0.2, 0.25) is 0 Å². The van der Waals surface area contributed by atoms with Crippen LogP contribution in [0.5, 0.6) is 0 Å². The molecule has 0 bridgehead atoms. The lowest BCUT2D eigenvalue weighted by Crippen LogP contribution is -2.61. The number of rotatable bonds is 29. The van der Waals surface area contributed by atoms with Gasteiger partial charge in [-0.15, -0.1) is 0 Å². The van der Waals surface area contributed by atoms with Crippen LogP contribution in [0.1, 0.15) is 138 Å². The van der Waals surface area contributed by atoms with Gasteiger partial charge in [-0.25, -0.2) is 0 Å². The second-order valence-electron chi connectivity index (χ2n) is 21.0. The molecule has 0 aromatic heterocycles. The average Bonchev–Trinajstić information content (AvgIpc) is 3.37. The van der Waals surface area contributed by atoms with Gasteiger partial charge < -0.3 is 85.9 Å². The van der Waals surface area contributed by atoms with E-state index in [2.05, 4.69) is 49.5 Å². The Kier molecular flexibility index (Phi) is 34.5. The minimum absolute atomic E-state index is 0.0363. The normalized spacial score (nSPS) is 24.0. The number of amides is 8. The molecule has 1 fully saturated rings. The van der Waals surface area contributed by atoms with Crippen molar-refractivity contribution in [3.63, 3.8) is 0 Å². The molecule has 0 radical (unpaired) electrons. The number of unbranched alkanes of at least 4 members (excludes halogenated alkanes) is 4. The molecule has 20 N–H and O–H groups in total. The first-order valence-electron chi connectivity index (χ1n) is 27.7. The molecule has 27 nitrogen and oxygen atoms in total. The predicted octanol–water partition coefficient (Wildman–Crippen LogP) is -4.44. The van der Waals surface area contributed by atoms with Crippen molar-refractivity contribution in [2.45, 2.75) is 198 Å². The Balaban J connectivity index is 3.76. The Hall–Kier alpha value is -5.55. The fourth-order valence-corrected chi connectivity index (χ4v) is 8.92. The van der Waals surface area contributed by atoms with Crippen molar-refractivity contribution < 1.29 is 73.2 Å². The van der Waals surface area contributed by atoms with Gasteiger partial charge in [-0.2, -0.15) is 0 Å². The first-order valence-corrected chi connectivity index (χ1v) is 27.7. The van der Waals surface area contributed by atoms with Gasteiger partial charge in [0.15, 0.2) is 11.6 Å². The molecule has 1 aliphatic rings. The van der Waals surface area contributed by atoms with E-state index in [1.165, 1.54) is 20.8 Å². The maximum Gasteiger partial charge on any atom is 0.245 e. The molecule has 0 spiro atoms. The van der Waals surface area contributed by atoms with E-state index in [0.717, 1.165) is 25.7 Å². The molecule has 27 heteroatoms. The van der Waals surface area contributed by atoms with E-state index in [1.54, 1.807) is 13.8 Å². The van der Waals surface area contributed by atoms with Crippen LogP contribution in [0.4, 0.5) is 0 Å². The van der Waals surface area contributed by atoms with Crippen LogP contribution in [0.3, 0.4) is 0 Å². The van der Waals surface area contributed by atoms with E-state index >= 15 is 0 Å². The van der Waals surface area contributed by atoms with Crippen molar-refractivity contribution in [1.29, 1.82) is 0 Å². The highest BCUT2D eigenvalue weighted by atomic mass is 16.3. The second-order valence-corrected chi connectivity index (χ2v) is 21.0. The Labute approximate surface area is 463 Å². The van der Waals surface area contributed by atoms with Gasteiger partial charge in [0.25, 0.3) is 0 Å². The fraction of sp³-hybridized carbons (Fsp3) is 0.788. The topological polar surface area (TPSA) is 469 Å². The summed E-state index contributed by atoms with van der Waals surface area (Å²) in [4.78, 5) is 151. The number of nitrogens with one attached hydrogen (secondary N) is 8. The van der Waals surface area contributed by atoms with Crippen LogP contribution in [0, 0.1) is 23.7 Å². The van der Waals surface area contributed by atoms with Gasteiger partial charge >= 0.3 is 0 Å². The number of carbonyl (C=O) groups excluding carboxylic acids is 11. The monoisotopic (exact) mass is 1130 g/mol. The third-order valence-electron chi connectivity index (χ3n) is 13.5. The van der Waals surface area contributed by atoms with Gasteiger partial charge in [0.1, 0.15) is 42.0 Å². The van der Waals surface area contributed by atoms with Gasteiger partial charge in [0.05, 0.1) is 36.9 Å². The third kappa shape index (κ3) is 26.1. The number of hydrogen-bond acceptors (Lipinski definition) is 19. The van der Waals surface area contributed by atoms with Gasteiger partial charge in [0, 0.05) is 44.1 Å². The summed E-state index contributed by atoms with van der Waals surface area (Å²) < 4.78 is 0. The summed E-state index contributed by atoms with van der Waals surface area (Å²) in [6, 6.07) is -11.0. The smallest absolute Gasteiger partial charge is 0.245 e. The molecule has 0 aromatic carbocycles. The number of carbonyl (C=O) groups is 11. The number of aliphatic hydroxyl groups is 4. The van der Waals surface area contributed by atoms with Crippen molar-refractivity contribution in [2.24, 2.45) is 46.6 Å². The molecule has 0 aromatic rings. The Bertz CT molecular complexity index is 1990. The highest BCUT2D eigenvalue weighted by Gasteiger charge is 2.38. The first kappa shape index (κ1) is 71.5. The lowest BCUT2D eigenvalue weighted by molar-refractivity contribution is -0.138. The van der Waals surface area contributed by atoms with Crippen LogP contribution in [-0.2, 0) is 52.7 Å². The minimum Gasteiger partial charge on any atom is -0.396 e. The maximum atomic E-state index is 14.3. The summed E-state index contributed by atoms with van der Waals surface area (Å²) in [6.07, 6.45) is -2.26. The quantitative estimate of drug-likeness (QED) is 0.0314. The van der Waals surface area contributed by atoms with E-state index in [1.807, 2.05) is 0 Å². The highest BCUT2D eigenvalue weighted by Crippen LogP contribution is 2.20. The zero-order chi connectivity index (χ0) is 59.9. The molecule has 79 heavy (non-hydrogen) atoms. The van der Waals surface area contributed by atoms with Crippen LogP contribution in [0.25, 0.3) is 0 Å². The molecule has 1 aliphatic heterocycles. The van der Waals surface area contributed by atoms with Crippen molar-refractivity contribution in [2.75, 3.05) is 39.3 Å². The molecule has 0 unspecified atom stereocenters. The molecule has 0 aliphatic carbocycles. The summed E-state index contributed by atoms with van der Waals surface area (Å²) in [6.45, 7) is 7.25. The molecule has 452 valence electrons. The molecule has 13 atom stereocenters. The summed E-state index contributed by atoms with van der Waals surface area (Å²) in [5, 5.41) is 62.2. The lowest BCUT2D eigenvalue weighted by Gasteiger charge is -2.28. The molecule has 1 heterocycles. The second kappa shape index (κ2) is 38.2. The van der Waals surface area contributed by atoms with E-state index in [4.69, 9.17) is 22.9 Å². The van der Waals surface area contributed by atoms with Gasteiger partial charge in [-0.1, -0.05) is 46.5 Å². The lowest BCUT2D eigenvalue weighted by atomic mass is 9.88. The van der Waals surface area contributed by atoms with Crippen molar-refractivity contribution in [1.82, 2.24) is 42.5 Å². The largest absolute Gasteiger partial charge is 0.396 e. The van der Waals surface area contributed by atoms with E-state index in [9.17, 15) is 73.2 Å². The first-order chi connectivity index (χ1) is 37.3. The minimum atomic E-state index is -1.70. The van der Waals surface area contributed by atoms with Crippen LogP contribution >= 0.6 is 0 Å². The Morgan fingerprint density at radius 2 is 1.15 bits per heavy atom. The Morgan fingerprint density at radius 3 is 1.68 bits per heavy atom. The van der Waals surface area contributed by atoms with Gasteiger partial charge in [-0.05, 0) is 97.8 Å². The average molecular weight is 1130 g/mol.